The third-order valence-electron chi connectivity index (χ3n) is 1.78. The molecule has 0 spiro atoms. The van der Waals surface area contributed by atoms with Crippen molar-refractivity contribution in [2.75, 3.05) is 0 Å². The van der Waals surface area contributed by atoms with Gasteiger partial charge in [0.05, 0.1) is 11.6 Å². The van der Waals surface area contributed by atoms with Crippen LogP contribution in [0.25, 0.3) is 0 Å². The Hall–Kier alpha value is -1.40. The van der Waals surface area contributed by atoms with Gasteiger partial charge in [-0.1, -0.05) is 11.6 Å². The Morgan fingerprint density at radius 1 is 1.64 bits per heavy atom. The standard InChI is InChI=1S/C10H7ClFNO/c1-6(5-13)10(14)8-4-7(11)2-3-9(8)12/h2-4,6H,1H3. The molecular formula is C10H7ClFNO. The maximum absolute atomic E-state index is 13.1. The van der Waals surface area contributed by atoms with E-state index in [0.717, 1.165) is 6.07 Å². The molecule has 1 aromatic rings. The van der Waals surface area contributed by atoms with Crippen molar-refractivity contribution >= 4 is 17.4 Å². The van der Waals surface area contributed by atoms with E-state index in [1.165, 1.54) is 19.1 Å². The molecule has 1 unspecified atom stereocenters. The van der Waals surface area contributed by atoms with E-state index in [2.05, 4.69) is 0 Å². The van der Waals surface area contributed by atoms with Gasteiger partial charge in [0.2, 0.25) is 0 Å². The highest BCUT2D eigenvalue weighted by Crippen LogP contribution is 2.17. The van der Waals surface area contributed by atoms with Crippen LogP contribution in [0.15, 0.2) is 18.2 Å². The van der Waals surface area contributed by atoms with E-state index in [0.29, 0.717) is 0 Å². The summed E-state index contributed by atoms with van der Waals surface area (Å²) in [5, 5.41) is 8.78. The van der Waals surface area contributed by atoms with Crippen molar-refractivity contribution in [3.05, 3.63) is 34.6 Å². The number of carbonyl (C=O) groups excluding carboxylic acids is 1. The fourth-order valence-electron chi connectivity index (χ4n) is 0.978. The summed E-state index contributed by atoms with van der Waals surface area (Å²) < 4.78 is 13.1. The van der Waals surface area contributed by atoms with Gasteiger partial charge in [-0.3, -0.25) is 4.79 Å². The van der Waals surface area contributed by atoms with E-state index in [9.17, 15) is 9.18 Å². The first kappa shape index (κ1) is 10.7. The van der Waals surface area contributed by atoms with Crippen LogP contribution < -0.4 is 0 Å². The van der Waals surface area contributed by atoms with Crippen LogP contribution >= 0.6 is 11.6 Å². The number of nitriles is 1. The van der Waals surface area contributed by atoms with Gasteiger partial charge >= 0.3 is 0 Å². The smallest absolute Gasteiger partial charge is 0.182 e. The predicted molar refractivity (Wildman–Crippen MR) is 50.5 cm³/mol. The molecule has 0 heterocycles. The highest BCUT2D eigenvalue weighted by atomic mass is 35.5. The van der Waals surface area contributed by atoms with Crippen molar-refractivity contribution in [2.45, 2.75) is 6.92 Å². The Morgan fingerprint density at radius 2 is 2.29 bits per heavy atom. The molecule has 1 rings (SSSR count). The van der Waals surface area contributed by atoms with Gasteiger partial charge in [-0.25, -0.2) is 4.39 Å². The van der Waals surface area contributed by atoms with Gasteiger partial charge in [-0.2, -0.15) is 5.26 Å². The Morgan fingerprint density at radius 3 is 2.86 bits per heavy atom. The molecule has 0 aliphatic heterocycles. The lowest BCUT2D eigenvalue weighted by Crippen LogP contribution is -2.11. The lowest BCUT2D eigenvalue weighted by Gasteiger charge is -2.03. The van der Waals surface area contributed by atoms with Crippen molar-refractivity contribution in [3.8, 4) is 6.07 Å². The van der Waals surface area contributed by atoms with Gasteiger partial charge < -0.3 is 0 Å². The molecule has 0 saturated heterocycles. The Kier molecular flexibility index (Phi) is 3.21. The van der Waals surface area contributed by atoms with Crippen LogP contribution in [0.1, 0.15) is 17.3 Å². The summed E-state index contributed by atoms with van der Waals surface area (Å²) in [5.41, 5.74) is -0.133. The number of halogens is 2. The number of hydrogen-bond acceptors (Lipinski definition) is 2. The lowest BCUT2D eigenvalue weighted by atomic mass is 10.0. The molecule has 0 amide bonds. The third-order valence-corrected chi connectivity index (χ3v) is 2.02. The minimum absolute atomic E-state index is 0.133. The second kappa shape index (κ2) is 4.21. The highest BCUT2D eigenvalue weighted by Gasteiger charge is 2.18. The fraction of sp³-hybridized carbons (Fsp3) is 0.200. The fourth-order valence-corrected chi connectivity index (χ4v) is 1.15. The quantitative estimate of drug-likeness (QED) is 0.706. The van der Waals surface area contributed by atoms with Crippen LogP contribution in [0.5, 0.6) is 0 Å². The minimum Gasteiger partial charge on any atom is -0.293 e. The number of hydrogen-bond donors (Lipinski definition) is 0. The van der Waals surface area contributed by atoms with Gasteiger partial charge in [0, 0.05) is 5.02 Å². The largest absolute Gasteiger partial charge is 0.293 e. The van der Waals surface area contributed by atoms with E-state index in [-0.39, 0.29) is 10.6 Å². The van der Waals surface area contributed by atoms with E-state index in [1.807, 2.05) is 0 Å². The molecular weight excluding hydrogens is 205 g/mol. The van der Waals surface area contributed by atoms with Crippen molar-refractivity contribution < 1.29 is 9.18 Å². The SMILES string of the molecule is CC(C#N)C(=O)c1cc(Cl)ccc1F. The molecule has 1 atom stereocenters. The zero-order valence-corrected chi connectivity index (χ0v) is 8.18. The van der Waals surface area contributed by atoms with Crippen LogP contribution in [0.4, 0.5) is 4.39 Å². The molecule has 0 N–H and O–H groups in total. The first-order chi connectivity index (χ1) is 6.56. The van der Waals surface area contributed by atoms with Crippen LogP contribution in [0.2, 0.25) is 5.02 Å². The molecule has 4 heteroatoms. The molecule has 0 saturated carbocycles. The molecule has 0 aromatic heterocycles. The van der Waals surface area contributed by atoms with Crippen LogP contribution in [0, 0.1) is 23.1 Å². The second-order valence-electron chi connectivity index (χ2n) is 2.84. The molecule has 1 aromatic carbocycles. The maximum atomic E-state index is 13.1. The minimum atomic E-state index is -0.858. The third kappa shape index (κ3) is 2.09. The Balaban J connectivity index is 3.14. The monoisotopic (exact) mass is 211 g/mol. The van der Waals surface area contributed by atoms with Gasteiger partial charge in [0.15, 0.2) is 5.78 Å². The topological polar surface area (TPSA) is 40.9 Å². The molecule has 2 nitrogen and oxygen atoms in total. The van der Waals surface area contributed by atoms with E-state index in [1.54, 1.807) is 6.07 Å². The van der Waals surface area contributed by atoms with E-state index < -0.39 is 17.5 Å². The number of carbonyl (C=O) groups is 1. The van der Waals surface area contributed by atoms with E-state index in [4.69, 9.17) is 16.9 Å². The zero-order chi connectivity index (χ0) is 10.7. The zero-order valence-electron chi connectivity index (χ0n) is 7.42. The number of nitrogens with zero attached hydrogens (tertiary/aromatic N) is 1. The summed E-state index contributed by atoms with van der Waals surface area (Å²) in [6.45, 7) is 1.42. The van der Waals surface area contributed by atoms with E-state index >= 15 is 0 Å². The number of benzene rings is 1. The number of rotatable bonds is 2. The lowest BCUT2D eigenvalue weighted by molar-refractivity contribution is 0.0952. The predicted octanol–water partition coefficient (Wildman–Crippen LogP) is 2.82. The summed E-state index contributed by atoms with van der Waals surface area (Å²) >= 11 is 5.61. The Labute approximate surface area is 85.9 Å². The number of ketones is 1. The summed E-state index contributed by atoms with van der Waals surface area (Å²) in [4.78, 5) is 11.4. The first-order valence-corrected chi connectivity index (χ1v) is 4.33. The van der Waals surface area contributed by atoms with Crippen molar-refractivity contribution in [1.82, 2.24) is 0 Å². The average molecular weight is 212 g/mol. The van der Waals surface area contributed by atoms with Crippen LogP contribution in [-0.4, -0.2) is 5.78 Å². The summed E-state index contributed by atoms with van der Waals surface area (Å²) in [7, 11) is 0. The van der Waals surface area contributed by atoms with Gasteiger partial charge in [0.1, 0.15) is 11.7 Å². The van der Waals surface area contributed by atoms with Crippen LogP contribution in [0.3, 0.4) is 0 Å². The normalized spacial score (nSPS) is 11.9. The maximum Gasteiger partial charge on any atom is 0.182 e. The molecule has 0 fully saturated rings. The average Bonchev–Trinajstić information content (AvgIpc) is 2.19. The molecule has 0 aliphatic carbocycles. The van der Waals surface area contributed by atoms with Crippen molar-refractivity contribution in [2.24, 2.45) is 5.92 Å². The van der Waals surface area contributed by atoms with Crippen molar-refractivity contribution in [1.29, 1.82) is 5.26 Å². The van der Waals surface area contributed by atoms with Gasteiger partial charge in [-0.05, 0) is 25.1 Å². The molecule has 0 radical (unpaired) electrons. The van der Waals surface area contributed by atoms with Gasteiger partial charge in [-0.15, -0.1) is 0 Å². The highest BCUT2D eigenvalue weighted by molar-refractivity contribution is 6.31. The molecule has 72 valence electrons. The molecule has 14 heavy (non-hydrogen) atoms. The van der Waals surface area contributed by atoms with Crippen molar-refractivity contribution in [3.63, 3.8) is 0 Å². The first-order valence-electron chi connectivity index (χ1n) is 3.95. The number of Topliss-reactive ketones (excluding diaryl/α,β-unsaturated/α-hetero) is 1. The van der Waals surface area contributed by atoms with Gasteiger partial charge in [0.25, 0.3) is 0 Å². The Bertz CT molecular complexity index is 411. The van der Waals surface area contributed by atoms with Crippen LogP contribution in [-0.2, 0) is 0 Å². The summed E-state index contributed by atoms with van der Waals surface area (Å²) in [6.07, 6.45) is 0. The summed E-state index contributed by atoms with van der Waals surface area (Å²) in [5.74, 6) is -2.06. The molecule has 0 bridgehead atoms. The molecule has 0 aliphatic rings. The second-order valence-corrected chi connectivity index (χ2v) is 3.28. The summed E-state index contributed by atoms with van der Waals surface area (Å²) in [6, 6.07) is 5.44.